The van der Waals surface area contributed by atoms with Gasteiger partial charge in [0.1, 0.15) is 5.75 Å². The van der Waals surface area contributed by atoms with E-state index in [9.17, 15) is 4.79 Å². The lowest BCUT2D eigenvalue weighted by atomic mass is 9.87. The van der Waals surface area contributed by atoms with E-state index in [1.807, 2.05) is 25.2 Å². The van der Waals surface area contributed by atoms with Crippen LogP contribution in [0.15, 0.2) is 18.2 Å². The largest absolute Gasteiger partial charge is 0.479 e. The number of ether oxygens (including phenoxy) is 1. The molecule has 0 aliphatic heterocycles. The lowest BCUT2D eigenvalue weighted by molar-refractivity contribution is -0.144. The monoisotopic (exact) mass is 249 g/mol. The van der Waals surface area contributed by atoms with E-state index in [-0.39, 0.29) is 0 Å². The highest BCUT2D eigenvalue weighted by molar-refractivity contribution is 5.72. The number of hydrogen-bond acceptors (Lipinski definition) is 3. The van der Waals surface area contributed by atoms with E-state index in [1.54, 1.807) is 0 Å². The minimum Gasteiger partial charge on any atom is -0.479 e. The van der Waals surface area contributed by atoms with Gasteiger partial charge in [-0.15, -0.1) is 0 Å². The molecule has 0 radical (unpaired) electrons. The van der Waals surface area contributed by atoms with Gasteiger partial charge in [0.2, 0.25) is 0 Å². The number of carboxylic acid groups (broad SMARTS) is 1. The van der Waals surface area contributed by atoms with Gasteiger partial charge >= 0.3 is 5.97 Å². The summed E-state index contributed by atoms with van der Waals surface area (Å²) in [5.41, 5.74) is 2.56. The zero-order valence-electron chi connectivity index (χ0n) is 10.8. The van der Waals surface area contributed by atoms with Crippen LogP contribution < -0.4 is 10.1 Å². The first-order chi connectivity index (χ1) is 8.61. The van der Waals surface area contributed by atoms with Crippen LogP contribution in [-0.4, -0.2) is 24.2 Å². The van der Waals surface area contributed by atoms with Crippen molar-refractivity contribution in [2.24, 2.45) is 0 Å². The van der Waals surface area contributed by atoms with E-state index in [0.29, 0.717) is 11.8 Å². The van der Waals surface area contributed by atoms with Crippen molar-refractivity contribution >= 4 is 5.97 Å². The molecule has 0 amide bonds. The Kier molecular flexibility index (Phi) is 3.87. The Morgan fingerprint density at radius 1 is 1.56 bits per heavy atom. The van der Waals surface area contributed by atoms with E-state index in [1.165, 1.54) is 18.1 Å². The number of aryl methyl sites for hydroxylation is 1. The summed E-state index contributed by atoms with van der Waals surface area (Å²) in [4.78, 5) is 10.8. The zero-order chi connectivity index (χ0) is 13.1. The Bertz CT molecular complexity index is 445. The molecule has 0 fully saturated rings. The van der Waals surface area contributed by atoms with Crippen LogP contribution in [0.2, 0.25) is 0 Å². The summed E-state index contributed by atoms with van der Waals surface area (Å²) in [5.74, 6) is -0.304. The minimum atomic E-state index is -0.944. The molecule has 0 bridgehead atoms. The molecule has 2 N–H and O–H groups in total. The number of rotatable bonds is 4. The fourth-order valence-corrected chi connectivity index (χ4v) is 2.42. The maximum Gasteiger partial charge on any atom is 0.344 e. The standard InChI is InChI=1S/C14H19NO3/c1-9(14(16)17)18-11-6-7-12-10(8-11)4-3-5-13(12)15-2/h6-9,13,15H,3-5H2,1-2H3,(H,16,17). The Labute approximate surface area is 107 Å². The highest BCUT2D eigenvalue weighted by atomic mass is 16.5. The molecule has 1 aromatic rings. The fraction of sp³-hybridized carbons (Fsp3) is 0.500. The molecule has 2 rings (SSSR count). The van der Waals surface area contributed by atoms with Crippen LogP contribution in [0.3, 0.4) is 0 Å². The van der Waals surface area contributed by atoms with Gasteiger partial charge in [-0.25, -0.2) is 4.79 Å². The lowest BCUT2D eigenvalue weighted by Gasteiger charge is -2.25. The van der Waals surface area contributed by atoms with Crippen molar-refractivity contribution in [3.05, 3.63) is 29.3 Å². The third-order valence-corrected chi connectivity index (χ3v) is 3.44. The minimum absolute atomic E-state index is 0.402. The van der Waals surface area contributed by atoms with Crippen LogP contribution in [0.1, 0.15) is 36.9 Å². The number of aliphatic carboxylic acids is 1. The molecule has 2 atom stereocenters. The maximum absolute atomic E-state index is 10.8. The summed E-state index contributed by atoms with van der Waals surface area (Å²) < 4.78 is 5.39. The zero-order valence-corrected chi connectivity index (χ0v) is 10.8. The second-order valence-corrected chi connectivity index (χ2v) is 4.69. The van der Waals surface area contributed by atoms with Crippen LogP contribution >= 0.6 is 0 Å². The van der Waals surface area contributed by atoms with Gasteiger partial charge in [-0.05, 0) is 56.5 Å². The summed E-state index contributed by atoms with van der Waals surface area (Å²) in [6.45, 7) is 1.54. The van der Waals surface area contributed by atoms with Crippen molar-refractivity contribution in [2.75, 3.05) is 7.05 Å². The molecule has 0 saturated heterocycles. The lowest BCUT2D eigenvalue weighted by Crippen LogP contribution is -2.24. The van der Waals surface area contributed by atoms with Crippen molar-refractivity contribution in [2.45, 2.75) is 38.3 Å². The molecular formula is C14H19NO3. The third-order valence-electron chi connectivity index (χ3n) is 3.44. The number of nitrogens with one attached hydrogen (secondary N) is 1. The molecule has 18 heavy (non-hydrogen) atoms. The molecule has 0 heterocycles. The quantitative estimate of drug-likeness (QED) is 0.858. The van der Waals surface area contributed by atoms with Crippen molar-refractivity contribution in [1.82, 2.24) is 5.32 Å². The van der Waals surface area contributed by atoms with Crippen LogP contribution in [0.4, 0.5) is 0 Å². The van der Waals surface area contributed by atoms with E-state index in [0.717, 1.165) is 19.3 Å². The first-order valence-corrected chi connectivity index (χ1v) is 6.31. The summed E-state index contributed by atoms with van der Waals surface area (Å²) >= 11 is 0. The topological polar surface area (TPSA) is 58.6 Å². The van der Waals surface area contributed by atoms with E-state index in [2.05, 4.69) is 5.32 Å². The molecule has 4 heteroatoms. The van der Waals surface area contributed by atoms with E-state index < -0.39 is 12.1 Å². The van der Waals surface area contributed by atoms with Gasteiger partial charge < -0.3 is 15.2 Å². The third kappa shape index (κ3) is 2.64. The van der Waals surface area contributed by atoms with Crippen molar-refractivity contribution in [3.63, 3.8) is 0 Å². The van der Waals surface area contributed by atoms with Gasteiger partial charge in [-0.1, -0.05) is 6.07 Å². The molecule has 4 nitrogen and oxygen atoms in total. The number of hydrogen-bond donors (Lipinski definition) is 2. The Morgan fingerprint density at radius 2 is 2.33 bits per heavy atom. The molecule has 1 aliphatic rings. The predicted molar refractivity (Wildman–Crippen MR) is 68.9 cm³/mol. The highest BCUT2D eigenvalue weighted by Crippen LogP contribution is 2.32. The second kappa shape index (κ2) is 5.40. The Morgan fingerprint density at radius 3 is 3.00 bits per heavy atom. The van der Waals surface area contributed by atoms with E-state index >= 15 is 0 Å². The number of fused-ring (bicyclic) bond motifs is 1. The van der Waals surface area contributed by atoms with Crippen LogP contribution in [0, 0.1) is 0 Å². The summed E-state index contributed by atoms with van der Waals surface area (Å²) in [6, 6.07) is 6.27. The summed E-state index contributed by atoms with van der Waals surface area (Å²) in [5, 5.41) is 12.1. The van der Waals surface area contributed by atoms with Gasteiger partial charge in [0.15, 0.2) is 6.10 Å². The molecule has 2 unspecified atom stereocenters. The van der Waals surface area contributed by atoms with Crippen molar-refractivity contribution in [3.8, 4) is 5.75 Å². The van der Waals surface area contributed by atoms with Crippen LogP contribution in [0.25, 0.3) is 0 Å². The van der Waals surface area contributed by atoms with Crippen molar-refractivity contribution in [1.29, 1.82) is 0 Å². The smallest absolute Gasteiger partial charge is 0.344 e. The molecule has 0 spiro atoms. The molecule has 1 aromatic carbocycles. The Balaban J connectivity index is 2.19. The average Bonchev–Trinajstić information content (AvgIpc) is 2.37. The second-order valence-electron chi connectivity index (χ2n) is 4.69. The molecule has 0 aromatic heterocycles. The van der Waals surface area contributed by atoms with Crippen molar-refractivity contribution < 1.29 is 14.6 Å². The first kappa shape index (κ1) is 12.9. The summed E-state index contributed by atoms with van der Waals surface area (Å²) in [6.07, 6.45) is 2.52. The fourth-order valence-electron chi connectivity index (χ4n) is 2.42. The van der Waals surface area contributed by atoms with Crippen LogP contribution in [-0.2, 0) is 11.2 Å². The molecule has 98 valence electrons. The molecule has 1 aliphatic carbocycles. The SMILES string of the molecule is CNC1CCCc2cc(OC(C)C(=O)O)ccc21. The van der Waals surface area contributed by atoms with Gasteiger partial charge in [0.05, 0.1) is 0 Å². The predicted octanol–water partition coefficient (Wildman–Crippen LogP) is 2.14. The maximum atomic E-state index is 10.8. The van der Waals surface area contributed by atoms with Gasteiger partial charge in [0, 0.05) is 6.04 Å². The number of benzene rings is 1. The number of carboxylic acids is 1. The Hall–Kier alpha value is -1.55. The molecule has 0 saturated carbocycles. The van der Waals surface area contributed by atoms with E-state index in [4.69, 9.17) is 9.84 Å². The molecular weight excluding hydrogens is 230 g/mol. The number of carbonyl (C=O) groups is 1. The first-order valence-electron chi connectivity index (χ1n) is 6.31. The van der Waals surface area contributed by atoms with Gasteiger partial charge in [0.25, 0.3) is 0 Å². The average molecular weight is 249 g/mol. The summed E-state index contributed by atoms with van der Waals surface area (Å²) in [7, 11) is 1.97. The van der Waals surface area contributed by atoms with Crippen LogP contribution in [0.5, 0.6) is 5.75 Å². The van der Waals surface area contributed by atoms with Gasteiger partial charge in [-0.3, -0.25) is 0 Å². The highest BCUT2D eigenvalue weighted by Gasteiger charge is 2.20. The van der Waals surface area contributed by atoms with Gasteiger partial charge in [-0.2, -0.15) is 0 Å². The normalized spacial score (nSPS) is 20.0.